The van der Waals surface area contributed by atoms with Crippen LogP contribution in [0.4, 0.5) is 0 Å². The largest absolute Gasteiger partial charge is 0.377 e. The topological polar surface area (TPSA) is 33.3 Å². The summed E-state index contributed by atoms with van der Waals surface area (Å²) in [4.78, 5) is 0. The number of hydrogen-bond acceptors (Lipinski definition) is 4. The fourth-order valence-corrected chi connectivity index (χ4v) is 4.53. The summed E-state index contributed by atoms with van der Waals surface area (Å²) in [5.41, 5.74) is 1.50. The normalized spacial score (nSPS) is 31.9. The minimum Gasteiger partial charge on any atom is -0.377 e. The Morgan fingerprint density at radius 3 is 2.65 bits per heavy atom. The maximum atomic E-state index is 6.27. The second-order valence-electron chi connectivity index (χ2n) is 6.85. The van der Waals surface area contributed by atoms with E-state index in [1.807, 2.05) is 0 Å². The molecular weight excluding hydrogens is 304 g/mol. The number of hydrogen-bond donors (Lipinski definition) is 2. The van der Waals surface area contributed by atoms with Gasteiger partial charge >= 0.3 is 0 Å². The summed E-state index contributed by atoms with van der Waals surface area (Å²) in [7, 11) is 0. The second kappa shape index (κ2) is 9.07. The number of benzene rings is 1. The predicted molar refractivity (Wildman–Crippen MR) is 98.9 cm³/mol. The van der Waals surface area contributed by atoms with E-state index in [2.05, 4.69) is 46.6 Å². The molecule has 1 aliphatic heterocycles. The van der Waals surface area contributed by atoms with Gasteiger partial charge in [-0.3, -0.25) is 4.72 Å². The fraction of sp³-hybridized carbons (Fsp3) is 0.684. The second-order valence-corrected chi connectivity index (χ2v) is 7.49. The standard InChI is InChI=1S/C19H30N2OS/c1-23-21-18-8-5-13-20-19(18)14-22-17-11-9-16(10-12-17)15-6-3-2-4-7-15/h2-4,6-7,16-21H,5,8-14H2,1H3/t16?,17?,18-,19-/m0/s1. The molecule has 1 heterocycles. The van der Waals surface area contributed by atoms with Crippen molar-refractivity contribution in [2.45, 2.75) is 62.6 Å². The summed E-state index contributed by atoms with van der Waals surface area (Å²) < 4.78 is 9.80. The molecule has 23 heavy (non-hydrogen) atoms. The minimum atomic E-state index is 0.452. The third kappa shape index (κ3) is 4.96. The Labute approximate surface area is 145 Å². The van der Waals surface area contributed by atoms with Crippen LogP contribution in [-0.4, -0.2) is 37.6 Å². The molecule has 1 aromatic carbocycles. The molecule has 4 heteroatoms. The number of ether oxygens (including phenoxy) is 1. The third-order valence-corrected chi connectivity index (χ3v) is 5.85. The van der Waals surface area contributed by atoms with Crippen molar-refractivity contribution < 1.29 is 4.74 Å². The summed E-state index contributed by atoms with van der Waals surface area (Å²) in [6, 6.07) is 12.0. The van der Waals surface area contributed by atoms with Crippen molar-refractivity contribution >= 4 is 11.9 Å². The molecule has 2 aliphatic rings. The quantitative estimate of drug-likeness (QED) is 0.777. The highest BCUT2D eigenvalue weighted by molar-refractivity contribution is 7.96. The van der Waals surface area contributed by atoms with Gasteiger partial charge in [-0.2, -0.15) is 0 Å². The first-order valence-electron chi connectivity index (χ1n) is 9.05. The molecule has 1 saturated heterocycles. The fourth-order valence-electron chi connectivity index (χ4n) is 3.95. The van der Waals surface area contributed by atoms with E-state index < -0.39 is 0 Å². The van der Waals surface area contributed by atoms with Crippen LogP contribution < -0.4 is 10.0 Å². The maximum Gasteiger partial charge on any atom is 0.0638 e. The number of nitrogens with one attached hydrogen (secondary N) is 2. The molecule has 1 aliphatic carbocycles. The van der Waals surface area contributed by atoms with Gasteiger partial charge in [-0.25, -0.2) is 0 Å². The summed E-state index contributed by atoms with van der Waals surface area (Å²) >= 11 is 1.73. The molecular formula is C19H30N2OS. The summed E-state index contributed by atoms with van der Waals surface area (Å²) in [5.74, 6) is 0.731. The van der Waals surface area contributed by atoms with Crippen molar-refractivity contribution in [3.63, 3.8) is 0 Å². The van der Waals surface area contributed by atoms with Gasteiger partial charge in [0.05, 0.1) is 12.7 Å². The SMILES string of the molecule is CSN[C@H]1CCCN[C@H]1COC1CCC(c2ccccc2)CC1. The Kier molecular flexibility index (Phi) is 6.81. The van der Waals surface area contributed by atoms with Crippen LogP contribution in [-0.2, 0) is 4.74 Å². The van der Waals surface area contributed by atoms with Crippen LogP contribution in [0.2, 0.25) is 0 Å². The zero-order chi connectivity index (χ0) is 15.9. The monoisotopic (exact) mass is 334 g/mol. The molecule has 0 aromatic heterocycles. The molecule has 2 atom stereocenters. The summed E-state index contributed by atoms with van der Waals surface area (Å²) in [5, 5.41) is 3.63. The number of piperidine rings is 1. The molecule has 0 radical (unpaired) electrons. The van der Waals surface area contributed by atoms with Gasteiger partial charge in [-0.1, -0.05) is 42.3 Å². The Hall–Kier alpha value is -0.550. The molecule has 3 nitrogen and oxygen atoms in total. The molecule has 1 aromatic rings. The van der Waals surface area contributed by atoms with Crippen LogP contribution in [0, 0.1) is 0 Å². The lowest BCUT2D eigenvalue weighted by molar-refractivity contribution is 0.00538. The van der Waals surface area contributed by atoms with E-state index in [1.165, 1.54) is 44.1 Å². The average molecular weight is 335 g/mol. The van der Waals surface area contributed by atoms with Crippen LogP contribution in [0.15, 0.2) is 30.3 Å². The van der Waals surface area contributed by atoms with Crippen LogP contribution in [0.5, 0.6) is 0 Å². The van der Waals surface area contributed by atoms with E-state index in [-0.39, 0.29) is 0 Å². The first-order valence-corrected chi connectivity index (χ1v) is 10.3. The Morgan fingerprint density at radius 2 is 1.91 bits per heavy atom. The van der Waals surface area contributed by atoms with Gasteiger partial charge in [0.25, 0.3) is 0 Å². The van der Waals surface area contributed by atoms with Crippen molar-refractivity contribution in [3.8, 4) is 0 Å². The van der Waals surface area contributed by atoms with Gasteiger partial charge in [0.1, 0.15) is 0 Å². The van der Waals surface area contributed by atoms with Crippen molar-refractivity contribution in [3.05, 3.63) is 35.9 Å². The highest BCUT2D eigenvalue weighted by atomic mass is 32.2. The average Bonchev–Trinajstić information content (AvgIpc) is 2.62. The first-order chi connectivity index (χ1) is 11.4. The lowest BCUT2D eigenvalue weighted by Gasteiger charge is -2.35. The minimum absolute atomic E-state index is 0.452. The molecule has 128 valence electrons. The van der Waals surface area contributed by atoms with Crippen LogP contribution >= 0.6 is 11.9 Å². The molecule has 2 N–H and O–H groups in total. The van der Waals surface area contributed by atoms with Gasteiger partial charge < -0.3 is 10.1 Å². The maximum absolute atomic E-state index is 6.27. The lowest BCUT2D eigenvalue weighted by atomic mass is 9.83. The molecule has 3 rings (SSSR count). The zero-order valence-electron chi connectivity index (χ0n) is 14.2. The van der Waals surface area contributed by atoms with Crippen molar-refractivity contribution in [2.24, 2.45) is 0 Å². The van der Waals surface area contributed by atoms with Crippen molar-refractivity contribution in [1.29, 1.82) is 0 Å². The molecule has 0 bridgehead atoms. The van der Waals surface area contributed by atoms with Crippen LogP contribution in [0.3, 0.4) is 0 Å². The summed E-state index contributed by atoms with van der Waals surface area (Å²) in [6.45, 7) is 1.97. The van der Waals surface area contributed by atoms with E-state index >= 15 is 0 Å². The van der Waals surface area contributed by atoms with Gasteiger partial charge in [-0.15, -0.1) is 0 Å². The van der Waals surface area contributed by atoms with Gasteiger partial charge in [0.2, 0.25) is 0 Å². The Balaban J connectivity index is 1.42. The van der Waals surface area contributed by atoms with E-state index in [0.717, 1.165) is 19.1 Å². The summed E-state index contributed by atoms with van der Waals surface area (Å²) in [6.07, 6.45) is 10.0. The highest BCUT2D eigenvalue weighted by Crippen LogP contribution is 2.34. The van der Waals surface area contributed by atoms with Gasteiger partial charge in [0, 0.05) is 12.1 Å². The van der Waals surface area contributed by atoms with E-state index in [9.17, 15) is 0 Å². The van der Waals surface area contributed by atoms with E-state index in [0.29, 0.717) is 18.2 Å². The van der Waals surface area contributed by atoms with Crippen molar-refractivity contribution in [2.75, 3.05) is 19.4 Å². The van der Waals surface area contributed by atoms with E-state index in [4.69, 9.17) is 4.74 Å². The molecule has 2 fully saturated rings. The first kappa shape index (κ1) is 17.3. The predicted octanol–water partition coefficient (Wildman–Crippen LogP) is 3.72. The highest BCUT2D eigenvalue weighted by Gasteiger charge is 2.27. The molecule has 0 spiro atoms. The molecule has 1 saturated carbocycles. The Morgan fingerprint density at radius 1 is 1.13 bits per heavy atom. The van der Waals surface area contributed by atoms with E-state index in [1.54, 1.807) is 11.9 Å². The third-order valence-electron chi connectivity index (χ3n) is 5.31. The van der Waals surface area contributed by atoms with Crippen molar-refractivity contribution in [1.82, 2.24) is 10.0 Å². The Bertz CT molecular complexity index is 446. The van der Waals surface area contributed by atoms with Gasteiger partial charge in [-0.05, 0) is 62.8 Å². The number of rotatable bonds is 6. The smallest absolute Gasteiger partial charge is 0.0638 e. The zero-order valence-corrected chi connectivity index (χ0v) is 15.0. The lowest BCUT2D eigenvalue weighted by Crippen LogP contribution is -2.52. The van der Waals surface area contributed by atoms with Gasteiger partial charge in [0.15, 0.2) is 0 Å². The van der Waals surface area contributed by atoms with Crippen LogP contribution in [0.1, 0.15) is 50.0 Å². The van der Waals surface area contributed by atoms with Crippen LogP contribution in [0.25, 0.3) is 0 Å². The molecule has 0 unspecified atom stereocenters. The molecule has 0 amide bonds.